The molecule has 1 saturated carbocycles. The Bertz CT molecular complexity index is 660. The Kier molecular flexibility index (Phi) is 5.21. The summed E-state index contributed by atoms with van der Waals surface area (Å²) in [4.78, 5) is 14.4. The molecule has 1 aliphatic rings. The summed E-state index contributed by atoms with van der Waals surface area (Å²) in [6.45, 7) is 0. The molecule has 4 heteroatoms. The minimum absolute atomic E-state index is 0.156. The van der Waals surface area contributed by atoms with Gasteiger partial charge in [0.2, 0.25) is 5.60 Å². The van der Waals surface area contributed by atoms with Gasteiger partial charge in [-0.15, -0.1) is 0 Å². The predicted octanol–water partition coefficient (Wildman–Crippen LogP) is 1.53. The predicted molar refractivity (Wildman–Crippen MR) is 96.2 cm³/mol. The second-order valence-electron chi connectivity index (χ2n) is 7.00. The highest BCUT2D eigenvalue weighted by Gasteiger charge is 2.45. The average molecular weight is 340 g/mol. The molecule has 2 atom stereocenters. The summed E-state index contributed by atoms with van der Waals surface area (Å²) in [5, 5.41) is 11.4. The number of carbonyl (C=O) groups is 1. The van der Waals surface area contributed by atoms with Crippen molar-refractivity contribution in [1.82, 2.24) is 0 Å². The van der Waals surface area contributed by atoms with E-state index in [4.69, 9.17) is 4.74 Å². The van der Waals surface area contributed by atoms with Crippen LogP contribution in [0.4, 0.5) is 0 Å². The van der Waals surface area contributed by atoms with Gasteiger partial charge in [0.15, 0.2) is 6.10 Å². The van der Waals surface area contributed by atoms with Crippen molar-refractivity contribution in [3.05, 3.63) is 71.8 Å². The summed E-state index contributed by atoms with van der Waals surface area (Å²) < 4.78 is 5.85. The molecule has 3 rings (SSSR count). The van der Waals surface area contributed by atoms with E-state index in [-0.39, 0.29) is 12.1 Å². The maximum Gasteiger partial charge on any atom is 0.348 e. The number of esters is 1. The van der Waals surface area contributed by atoms with Crippen LogP contribution < -0.4 is 4.90 Å². The van der Waals surface area contributed by atoms with Crippen LogP contribution in [0.5, 0.6) is 0 Å². The van der Waals surface area contributed by atoms with Crippen LogP contribution in [0.2, 0.25) is 0 Å². The van der Waals surface area contributed by atoms with Gasteiger partial charge in [0.25, 0.3) is 0 Å². The third-order valence-corrected chi connectivity index (χ3v) is 5.13. The lowest BCUT2D eigenvalue weighted by Crippen LogP contribution is -3.11. The van der Waals surface area contributed by atoms with Gasteiger partial charge in [-0.3, -0.25) is 0 Å². The lowest BCUT2D eigenvalue weighted by molar-refractivity contribution is -0.888. The average Bonchev–Trinajstić information content (AvgIpc) is 3.11. The largest absolute Gasteiger partial charge is 0.453 e. The number of rotatable bonds is 5. The van der Waals surface area contributed by atoms with Gasteiger partial charge in [-0.25, -0.2) is 4.79 Å². The van der Waals surface area contributed by atoms with E-state index in [1.165, 1.54) is 4.90 Å². The molecule has 0 aromatic heterocycles. The zero-order chi connectivity index (χ0) is 17.9. The van der Waals surface area contributed by atoms with Crippen LogP contribution in [0.15, 0.2) is 60.7 Å². The van der Waals surface area contributed by atoms with E-state index in [0.29, 0.717) is 11.1 Å². The number of hydrogen-bond acceptors (Lipinski definition) is 3. The highest BCUT2D eigenvalue weighted by atomic mass is 16.6. The number of aliphatic hydroxyl groups is 1. The number of carbonyl (C=O) groups excluding carboxylic acids is 1. The van der Waals surface area contributed by atoms with E-state index in [2.05, 4.69) is 14.1 Å². The van der Waals surface area contributed by atoms with Crippen LogP contribution in [0.1, 0.15) is 30.4 Å². The first kappa shape index (κ1) is 17.6. The molecule has 0 aliphatic heterocycles. The second kappa shape index (κ2) is 7.38. The molecule has 2 aromatic carbocycles. The first-order chi connectivity index (χ1) is 12.0. The maximum atomic E-state index is 13.1. The standard InChI is InChI=1S/C21H25NO3/c1-22(2)18-14-9-15-19(18)25-20(23)21(24,16-10-5-3-6-11-16)17-12-7-4-8-13-17/h3-8,10-13,18-19,24H,9,14-15H2,1-2H3/p+1. The minimum atomic E-state index is -1.79. The smallest absolute Gasteiger partial charge is 0.348 e. The zero-order valence-corrected chi connectivity index (χ0v) is 14.8. The van der Waals surface area contributed by atoms with Crippen LogP contribution in [0.25, 0.3) is 0 Å². The Morgan fingerprint density at radius 1 is 1.00 bits per heavy atom. The lowest BCUT2D eigenvalue weighted by atomic mass is 9.86. The van der Waals surface area contributed by atoms with Gasteiger partial charge in [0, 0.05) is 6.42 Å². The lowest BCUT2D eigenvalue weighted by Gasteiger charge is -2.30. The molecule has 4 nitrogen and oxygen atoms in total. The third-order valence-electron chi connectivity index (χ3n) is 5.13. The summed E-state index contributed by atoms with van der Waals surface area (Å²) >= 11 is 0. The quantitative estimate of drug-likeness (QED) is 0.812. The minimum Gasteiger partial charge on any atom is -0.453 e. The molecule has 0 amide bonds. The molecule has 2 unspecified atom stereocenters. The monoisotopic (exact) mass is 340 g/mol. The van der Waals surface area contributed by atoms with E-state index in [1.54, 1.807) is 24.3 Å². The van der Waals surface area contributed by atoms with E-state index >= 15 is 0 Å². The fourth-order valence-electron chi connectivity index (χ4n) is 3.71. The number of hydrogen-bond donors (Lipinski definition) is 2. The van der Waals surface area contributed by atoms with E-state index < -0.39 is 11.6 Å². The van der Waals surface area contributed by atoms with Crippen molar-refractivity contribution in [2.24, 2.45) is 0 Å². The number of benzene rings is 2. The Morgan fingerprint density at radius 2 is 1.52 bits per heavy atom. The molecular formula is C21H26NO3+. The molecule has 0 radical (unpaired) electrons. The van der Waals surface area contributed by atoms with Crippen molar-refractivity contribution < 1.29 is 19.5 Å². The van der Waals surface area contributed by atoms with Crippen LogP contribution in [-0.4, -0.2) is 37.3 Å². The van der Waals surface area contributed by atoms with E-state index in [0.717, 1.165) is 19.3 Å². The highest BCUT2D eigenvalue weighted by molar-refractivity contribution is 5.85. The van der Waals surface area contributed by atoms with Gasteiger partial charge in [-0.2, -0.15) is 0 Å². The summed E-state index contributed by atoms with van der Waals surface area (Å²) in [6.07, 6.45) is 2.77. The highest BCUT2D eigenvalue weighted by Crippen LogP contribution is 2.33. The molecule has 0 saturated heterocycles. The molecule has 0 bridgehead atoms. The molecule has 2 aromatic rings. The Balaban J connectivity index is 1.94. The summed E-state index contributed by atoms with van der Waals surface area (Å²) in [7, 11) is 4.16. The van der Waals surface area contributed by atoms with E-state index in [1.807, 2.05) is 36.4 Å². The van der Waals surface area contributed by atoms with Crippen molar-refractivity contribution >= 4 is 5.97 Å². The maximum absolute atomic E-state index is 13.1. The molecule has 25 heavy (non-hydrogen) atoms. The van der Waals surface area contributed by atoms with Gasteiger partial charge in [0.05, 0.1) is 14.1 Å². The third kappa shape index (κ3) is 3.46. The molecule has 0 heterocycles. The van der Waals surface area contributed by atoms with Gasteiger partial charge < -0.3 is 14.7 Å². The van der Waals surface area contributed by atoms with Crippen molar-refractivity contribution in [2.45, 2.75) is 37.0 Å². The normalized spacial score (nSPS) is 20.6. The molecule has 2 N–H and O–H groups in total. The molecule has 1 fully saturated rings. The van der Waals surface area contributed by atoms with Gasteiger partial charge in [-0.05, 0) is 24.0 Å². The number of ether oxygens (including phenoxy) is 1. The Morgan fingerprint density at radius 3 is 2.00 bits per heavy atom. The van der Waals surface area contributed by atoms with E-state index in [9.17, 15) is 9.90 Å². The number of likely N-dealkylation sites (N-methyl/N-ethyl adjacent to an activating group) is 1. The van der Waals surface area contributed by atoms with Crippen molar-refractivity contribution in [1.29, 1.82) is 0 Å². The summed E-state index contributed by atoms with van der Waals surface area (Å²) in [5.41, 5.74) is -0.743. The van der Waals surface area contributed by atoms with Crippen LogP contribution in [0.3, 0.4) is 0 Å². The molecule has 1 aliphatic carbocycles. The van der Waals surface area contributed by atoms with Crippen LogP contribution in [-0.2, 0) is 15.1 Å². The van der Waals surface area contributed by atoms with Crippen LogP contribution >= 0.6 is 0 Å². The fourth-order valence-corrected chi connectivity index (χ4v) is 3.71. The Labute approximate surface area is 149 Å². The molecule has 0 spiro atoms. The second-order valence-corrected chi connectivity index (χ2v) is 7.00. The number of quaternary nitrogens is 1. The van der Waals surface area contributed by atoms with Gasteiger partial charge in [-0.1, -0.05) is 60.7 Å². The SMILES string of the molecule is C[NH+](C)C1CCCC1OC(=O)C(O)(c1ccccc1)c1ccccc1. The van der Waals surface area contributed by atoms with Crippen molar-refractivity contribution in [3.8, 4) is 0 Å². The number of nitrogens with one attached hydrogen (secondary N) is 1. The van der Waals surface area contributed by atoms with Crippen molar-refractivity contribution in [2.75, 3.05) is 14.1 Å². The fraction of sp³-hybridized carbons (Fsp3) is 0.381. The first-order valence-electron chi connectivity index (χ1n) is 8.88. The Hall–Kier alpha value is -2.17. The van der Waals surface area contributed by atoms with Gasteiger partial charge in [0.1, 0.15) is 6.04 Å². The van der Waals surface area contributed by atoms with Gasteiger partial charge >= 0.3 is 5.97 Å². The summed E-state index contributed by atoms with van der Waals surface area (Å²) in [6, 6.07) is 18.3. The molecular weight excluding hydrogens is 314 g/mol. The molecule has 132 valence electrons. The van der Waals surface area contributed by atoms with Crippen molar-refractivity contribution in [3.63, 3.8) is 0 Å². The zero-order valence-electron chi connectivity index (χ0n) is 14.8. The topological polar surface area (TPSA) is 51.0 Å². The van der Waals surface area contributed by atoms with Crippen LogP contribution in [0, 0.1) is 0 Å². The first-order valence-corrected chi connectivity index (χ1v) is 8.88. The summed E-state index contributed by atoms with van der Waals surface area (Å²) in [5.74, 6) is -0.594.